The first-order valence-corrected chi connectivity index (χ1v) is 8.51. The molecule has 0 saturated heterocycles. The van der Waals surface area contributed by atoms with E-state index in [2.05, 4.69) is 10.4 Å². The zero-order valence-corrected chi connectivity index (χ0v) is 14.8. The van der Waals surface area contributed by atoms with Gasteiger partial charge in [0.15, 0.2) is 11.5 Å². The minimum atomic E-state index is -0.302. The van der Waals surface area contributed by atoms with Gasteiger partial charge < -0.3 is 14.8 Å². The number of ether oxygens (including phenoxy) is 2. The summed E-state index contributed by atoms with van der Waals surface area (Å²) < 4.78 is 12.7. The standard InChI is InChI=1S/C19H16ClN3O3/c1-12-4-2-3-5-16(12)23-11-13(10-21-23)19(24)22-15-9-18-17(8-14(15)20)25-6-7-26-18/h2-5,8-11H,6-7H2,1H3,(H,22,24). The Hall–Kier alpha value is -2.99. The van der Waals surface area contributed by atoms with Crippen molar-refractivity contribution in [2.45, 2.75) is 6.92 Å². The second-order valence-corrected chi connectivity index (χ2v) is 6.30. The number of carbonyl (C=O) groups is 1. The fraction of sp³-hybridized carbons (Fsp3) is 0.158. The molecule has 6 nitrogen and oxygen atoms in total. The summed E-state index contributed by atoms with van der Waals surface area (Å²) in [5.41, 5.74) is 2.88. The summed E-state index contributed by atoms with van der Waals surface area (Å²) >= 11 is 6.24. The van der Waals surface area contributed by atoms with Crippen molar-refractivity contribution in [1.29, 1.82) is 0 Å². The quantitative estimate of drug-likeness (QED) is 0.761. The van der Waals surface area contributed by atoms with Gasteiger partial charge in [0.25, 0.3) is 5.91 Å². The van der Waals surface area contributed by atoms with Crippen molar-refractivity contribution < 1.29 is 14.3 Å². The molecule has 1 N–H and O–H groups in total. The van der Waals surface area contributed by atoms with Gasteiger partial charge in [-0.1, -0.05) is 29.8 Å². The molecular formula is C19H16ClN3O3. The average molecular weight is 370 g/mol. The van der Waals surface area contributed by atoms with Crippen LogP contribution < -0.4 is 14.8 Å². The second kappa shape index (κ2) is 6.72. The maximum atomic E-state index is 12.6. The maximum absolute atomic E-state index is 12.6. The normalized spacial score (nSPS) is 12.7. The van der Waals surface area contributed by atoms with Crippen molar-refractivity contribution in [3.05, 3.63) is 64.9 Å². The average Bonchev–Trinajstić information content (AvgIpc) is 3.13. The summed E-state index contributed by atoms with van der Waals surface area (Å²) in [6.07, 6.45) is 3.21. The summed E-state index contributed by atoms with van der Waals surface area (Å²) in [6, 6.07) is 11.1. The van der Waals surface area contributed by atoms with Crippen LogP contribution in [-0.4, -0.2) is 28.9 Å². The molecule has 26 heavy (non-hydrogen) atoms. The number of carbonyl (C=O) groups excluding carboxylic acids is 1. The van der Waals surface area contributed by atoms with Crippen LogP contribution in [0.2, 0.25) is 5.02 Å². The molecule has 3 aromatic rings. The highest BCUT2D eigenvalue weighted by molar-refractivity contribution is 6.34. The molecule has 0 bridgehead atoms. The van der Waals surface area contributed by atoms with E-state index in [1.54, 1.807) is 23.0 Å². The van der Waals surface area contributed by atoms with E-state index in [1.165, 1.54) is 6.20 Å². The topological polar surface area (TPSA) is 65.4 Å². The molecule has 2 heterocycles. The van der Waals surface area contributed by atoms with E-state index in [0.717, 1.165) is 11.3 Å². The lowest BCUT2D eigenvalue weighted by Gasteiger charge is -2.19. The summed E-state index contributed by atoms with van der Waals surface area (Å²) in [5.74, 6) is 0.835. The molecule has 2 aromatic carbocycles. The van der Waals surface area contributed by atoms with Crippen molar-refractivity contribution in [1.82, 2.24) is 9.78 Å². The van der Waals surface area contributed by atoms with Crippen LogP contribution in [-0.2, 0) is 0 Å². The molecule has 0 fully saturated rings. The maximum Gasteiger partial charge on any atom is 0.258 e. The van der Waals surface area contributed by atoms with E-state index in [0.29, 0.717) is 41.0 Å². The molecule has 1 aliphatic rings. The van der Waals surface area contributed by atoms with Crippen molar-refractivity contribution in [3.63, 3.8) is 0 Å². The number of hydrogen-bond acceptors (Lipinski definition) is 4. The first kappa shape index (κ1) is 16.5. The Morgan fingerprint density at radius 2 is 1.92 bits per heavy atom. The van der Waals surface area contributed by atoms with Crippen molar-refractivity contribution in [2.75, 3.05) is 18.5 Å². The van der Waals surface area contributed by atoms with Gasteiger partial charge in [0.2, 0.25) is 0 Å². The van der Waals surface area contributed by atoms with Crippen LogP contribution in [0.15, 0.2) is 48.8 Å². The molecule has 0 spiro atoms. The molecular weight excluding hydrogens is 354 g/mol. The number of fused-ring (bicyclic) bond motifs is 1. The Labute approximate surface area is 155 Å². The van der Waals surface area contributed by atoms with Gasteiger partial charge >= 0.3 is 0 Å². The van der Waals surface area contributed by atoms with Crippen LogP contribution in [0.5, 0.6) is 11.5 Å². The number of aryl methyl sites for hydroxylation is 1. The predicted octanol–water partition coefficient (Wildman–Crippen LogP) is 3.86. The molecule has 0 aliphatic carbocycles. The van der Waals surface area contributed by atoms with E-state index < -0.39 is 0 Å². The third-order valence-electron chi connectivity index (χ3n) is 4.09. The number of halogens is 1. The number of nitrogens with one attached hydrogen (secondary N) is 1. The second-order valence-electron chi connectivity index (χ2n) is 5.89. The highest BCUT2D eigenvalue weighted by Gasteiger charge is 2.18. The Morgan fingerprint density at radius 1 is 1.19 bits per heavy atom. The minimum absolute atomic E-state index is 0.302. The highest BCUT2D eigenvalue weighted by Crippen LogP contribution is 2.38. The van der Waals surface area contributed by atoms with E-state index in [-0.39, 0.29) is 5.91 Å². The van der Waals surface area contributed by atoms with Gasteiger partial charge in [-0.05, 0) is 18.6 Å². The fourth-order valence-corrected chi connectivity index (χ4v) is 2.95. The van der Waals surface area contributed by atoms with Gasteiger partial charge in [0.1, 0.15) is 13.2 Å². The lowest BCUT2D eigenvalue weighted by molar-refractivity contribution is 0.102. The van der Waals surface area contributed by atoms with Crippen LogP contribution in [0.3, 0.4) is 0 Å². The molecule has 4 rings (SSSR count). The molecule has 0 atom stereocenters. The van der Waals surface area contributed by atoms with Crippen LogP contribution in [0.25, 0.3) is 5.69 Å². The number of benzene rings is 2. The molecule has 0 saturated carbocycles. The molecule has 1 amide bonds. The summed E-state index contributed by atoms with van der Waals surface area (Å²) in [4.78, 5) is 12.6. The number of rotatable bonds is 3. The zero-order valence-electron chi connectivity index (χ0n) is 14.0. The zero-order chi connectivity index (χ0) is 18.1. The van der Waals surface area contributed by atoms with Crippen LogP contribution in [0, 0.1) is 6.92 Å². The van der Waals surface area contributed by atoms with Crippen LogP contribution in [0.4, 0.5) is 5.69 Å². The number of para-hydroxylation sites is 1. The number of hydrogen-bond donors (Lipinski definition) is 1. The Kier molecular flexibility index (Phi) is 4.26. The molecule has 0 radical (unpaired) electrons. The minimum Gasteiger partial charge on any atom is -0.486 e. The highest BCUT2D eigenvalue weighted by atomic mass is 35.5. The van der Waals surface area contributed by atoms with Crippen LogP contribution >= 0.6 is 11.6 Å². The molecule has 1 aromatic heterocycles. The Morgan fingerprint density at radius 3 is 2.69 bits per heavy atom. The largest absolute Gasteiger partial charge is 0.486 e. The lowest BCUT2D eigenvalue weighted by atomic mass is 10.2. The van der Waals surface area contributed by atoms with Crippen molar-refractivity contribution in [2.24, 2.45) is 0 Å². The number of nitrogens with zero attached hydrogens (tertiary/aromatic N) is 2. The van der Waals surface area contributed by atoms with Crippen LogP contribution in [0.1, 0.15) is 15.9 Å². The molecule has 0 unspecified atom stereocenters. The monoisotopic (exact) mass is 369 g/mol. The molecule has 7 heteroatoms. The van der Waals surface area contributed by atoms with Crippen molar-refractivity contribution in [3.8, 4) is 17.2 Å². The van der Waals surface area contributed by atoms with Crippen molar-refractivity contribution >= 4 is 23.2 Å². The smallest absolute Gasteiger partial charge is 0.258 e. The van der Waals surface area contributed by atoms with Gasteiger partial charge in [-0.15, -0.1) is 0 Å². The first-order valence-electron chi connectivity index (χ1n) is 8.13. The summed E-state index contributed by atoms with van der Waals surface area (Å²) in [5, 5.41) is 7.46. The van der Waals surface area contributed by atoms with E-state index in [1.807, 2.05) is 31.2 Å². The molecule has 132 valence electrons. The number of anilines is 1. The Balaban J connectivity index is 1.57. The number of aromatic nitrogens is 2. The third kappa shape index (κ3) is 3.11. The first-order chi connectivity index (χ1) is 12.6. The van der Waals surface area contributed by atoms with Gasteiger partial charge in [0.05, 0.1) is 28.2 Å². The van der Waals surface area contributed by atoms with Gasteiger partial charge in [0, 0.05) is 18.3 Å². The van der Waals surface area contributed by atoms with E-state index in [4.69, 9.17) is 21.1 Å². The third-order valence-corrected chi connectivity index (χ3v) is 4.40. The lowest BCUT2D eigenvalue weighted by Crippen LogP contribution is -2.16. The fourth-order valence-electron chi connectivity index (χ4n) is 2.75. The molecule has 1 aliphatic heterocycles. The summed E-state index contributed by atoms with van der Waals surface area (Å²) in [6.45, 7) is 2.93. The number of amides is 1. The van der Waals surface area contributed by atoms with E-state index >= 15 is 0 Å². The summed E-state index contributed by atoms with van der Waals surface area (Å²) in [7, 11) is 0. The van der Waals surface area contributed by atoms with Gasteiger partial charge in [-0.25, -0.2) is 4.68 Å². The Bertz CT molecular complexity index is 984. The SMILES string of the molecule is Cc1ccccc1-n1cc(C(=O)Nc2cc3c(cc2Cl)OCCO3)cn1. The van der Waals surface area contributed by atoms with Gasteiger partial charge in [-0.3, -0.25) is 4.79 Å². The predicted molar refractivity (Wildman–Crippen MR) is 98.7 cm³/mol. The van der Waals surface area contributed by atoms with Gasteiger partial charge in [-0.2, -0.15) is 5.10 Å². The van der Waals surface area contributed by atoms with E-state index in [9.17, 15) is 4.79 Å².